The Kier molecular flexibility index (Phi) is 4.37. The van der Waals surface area contributed by atoms with Crippen molar-refractivity contribution in [3.05, 3.63) is 120 Å². The molecular formula is C27H24O. The Hall–Kier alpha value is -3.06. The van der Waals surface area contributed by atoms with E-state index < -0.39 is 5.60 Å². The molecule has 0 fully saturated rings. The molecule has 0 spiro atoms. The van der Waals surface area contributed by atoms with Gasteiger partial charge in [0.25, 0.3) is 0 Å². The highest BCUT2D eigenvalue weighted by Crippen LogP contribution is 2.66. The Bertz CT molecular complexity index is 964. The van der Waals surface area contributed by atoms with Crippen molar-refractivity contribution in [2.45, 2.75) is 31.3 Å². The summed E-state index contributed by atoms with van der Waals surface area (Å²) >= 11 is 0. The van der Waals surface area contributed by atoms with Crippen LogP contribution in [-0.2, 0) is 10.3 Å². The Morgan fingerprint density at radius 3 is 1.64 bits per heavy atom. The van der Waals surface area contributed by atoms with E-state index in [1.807, 2.05) is 0 Å². The van der Waals surface area contributed by atoms with Crippen LogP contribution in [0.4, 0.5) is 0 Å². The summed E-state index contributed by atoms with van der Waals surface area (Å²) < 4.78 is 6.90. The summed E-state index contributed by atoms with van der Waals surface area (Å²) in [5.41, 5.74) is 5.77. The van der Waals surface area contributed by atoms with Crippen LogP contribution < -0.4 is 0 Å². The minimum absolute atomic E-state index is 0.493. The van der Waals surface area contributed by atoms with E-state index in [0.717, 1.165) is 18.6 Å². The quantitative estimate of drug-likeness (QED) is 0.474. The first-order valence-corrected chi connectivity index (χ1v) is 10.2. The van der Waals surface area contributed by atoms with Crippen LogP contribution in [-0.4, -0.2) is 0 Å². The first-order valence-electron chi connectivity index (χ1n) is 10.2. The van der Waals surface area contributed by atoms with Gasteiger partial charge in [-0.1, -0.05) is 91.0 Å². The molecule has 2 aliphatic carbocycles. The average molecular weight is 364 g/mol. The van der Waals surface area contributed by atoms with E-state index in [2.05, 4.69) is 97.1 Å². The minimum atomic E-state index is -0.493. The fourth-order valence-corrected chi connectivity index (χ4v) is 4.39. The van der Waals surface area contributed by atoms with Crippen LogP contribution in [0.2, 0.25) is 0 Å². The number of hydrogen-bond donors (Lipinski definition) is 0. The standard InChI is InChI=1S/C27H24O/c1-5-13-21(14-6-1)25-26(22-15-7-2-8-16-22)27(25,23-17-9-3-10-18-23)28-24-19-11-4-12-20-24/h1-3,5-10,13-19H,4,11-12,20H2. The fourth-order valence-electron chi connectivity index (χ4n) is 4.39. The Morgan fingerprint density at radius 2 is 1.14 bits per heavy atom. The highest BCUT2D eigenvalue weighted by molar-refractivity contribution is 6.17. The smallest absolute Gasteiger partial charge is 0.186 e. The highest BCUT2D eigenvalue weighted by Gasteiger charge is 2.58. The van der Waals surface area contributed by atoms with Crippen molar-refractivity contribution < 1.29 is 4.74 Å². The lowest BCUT2D eigenvalue weighted by atomic mass is 9.95. The molecule has 2 aliphatic rings. The highest BCUT2D eigenvalue weighted by atomic mass is 16.5. The summed E-state index contributed by atoms with van der Waals surface area (Å²) in [6, 6.07) is 32.1. The third kappa shape index (κ3) is 2.88. The van der Waals surface area contributed by atoms with E-state index in [1.165, 1.54) is 40.7 Å². The van der Waals surface area contributed by atoms with Crippen molar-refractivity contribution in [3.63, 3.8) is 0 Å². The molecule has 28 heavy (non-hydrogen) atoms. The number of ether oxygens (including phenoxy) is 1. The maximum Gasteiger partial charge on any atom is 0.186 e. The SMILES string of the molecule is C1=C(OC2(c3ccccc3)C(c3ccccc3)=C2c2ccccc2)CCCC1. The van der Waals surface area contributed by atoms with Gasteiger partial charge in [0.15, 0.2) is 5.60 Å². The van der Waals surface area contributed by atoms with Crippen LogP contribution in [0.1, 0.15) is 42.4 Å². The molecule has 0 aromatic heterocycles. The van der Waals surface area contributed by atoms with Crippen LogP contribution in [0.5, 0.6) is 0 Å². The molecule has 0 amide bonds. The van der Waals surface area contributed by atoms with Crippen molar-refractivity contribution in [1.82, 2.24) is 0 Å². The molecule has 1 heteroatoms. The lowest BCUT2D eigenvalue weighted by Gasteiger charge is -2.27. The zero-order valence-electron chi connectivity index (χ0n) is 16.0. The summed E-state index contributed by atoms with van der Waals surface area (Å²) in [5.74, 6) is 1.13. The van der Waals surface area contributed by atoms with Crippen LogP contribution in [0, 0.1) is 0 Å². The fraction of sp³-hybridized carbons (Fsp3) is 0.185. The second-order valence-electron chi connectivity index (χ2n) is 7.55. The Labute approximate surface area is 167 Å². The molecule has 5 rings (SSSR count). The van der Waals surface area contributed by atoms with E-state index in [0.29, 0.717) is 0 Å². The van der Waals surface area contributed by atoms with Gasteiger partial charge in [-0.3, -0.25) is 0 Å². The van der Waals surface area contributed by atoms with Crippen molar-refractivity contribution in [2.24, 2.45) is 0 Å². The predicted molar refractivity (Wildman–Crippen MR) is 115 cm³/mol. The first kappa shape index (κ1) is 17.1. The topological polar surface area (TPSA) is 9.23 Å². The van der Waals surface area contributed by atoms with E-state index in [9.17, 15) is 0 Å². The Morgan fingerprint density at radius 1 is 0.607 bits per heavy atom. The normalized spacial score (nSPS) is 17.8. The first-order chi connectivity index (χ1) is 13.9. The molecule has 138 valence electrons. The molecule has 0 heterocycles. The second-order valence-corrected chi connectivity index (χ2v) is 7.55. The van der Waals surface area contributed by atoms with Gasteiger partial charge in [0.1, 0.15) is 0 Å². The molecular weight excluding hydrogens is 340 g/mol. The van der Waals surface area contributed by atoms with Crippen LogP contribution in [0.15, 0.2) is 103 Å². The summed E-state index contributed by atoms with van der Waals surface area (Å²) in [7, 11) is 0. The molecule has 0 unspecified atom stereocenters. The maximum atomic E-state index is 6.90. The molecule has 0 aliphatic heterocycles. The van der Waals surface area contributed by atoms with Gasteiger partial charge in [-0.05, 0) is 36.5 Å². The second kappa shape index (κ2) is 7.16. The molecule has 1 nitrogen and oxygen atoms in total. The van der Waals surface area contributed by atoms with Gasteiger partial charge in [-0.25, -0.2) is 0 Å². The van der Waals surface area contributed by atoms with Crippen molar-refractivity contribution in [1.29, 1.82) is 0 Å². The van der Waals surface area contributed by atoms with Gasteiger partial charge in [-0.15, -0.1) is 0 Å². The van der Waals surface area contributed by atoms with Crippen molar-refractivity contribution in [3.8, 4) is 0 Å². The number of benzene rings is 3. The van der Waals surface area contributed by atoms with E-state index in [-0.39, 0.29) is 0 Å². The van der Waals surface area contributed by atoms with Crippen LogP contribution in [0.25, 0.3) is 11.1 Å². The average Bonchev–Trinajstić information content (AvgIpc) is 3.45. The van der Waals surface area contributed by atoms with Gasteiger partial charge in [0.05, 0.1) is 5.76 Å². The summed E-state index contributed by atoms with van der Waals surface area (Å²) in [6.45, 7) is 0. The van der Waals surface area contributed by atoms with E-state index in [4.69, 9.17) is 4.74 Å². The number of hydrogen-bond acceptors (Lipinski definition) is 1. The molecule has 0 bridgehead atoms. The van der Waals surface area contributed by atoms with Crippen molar-refractivity contribution in [2.75, 3.05) is 0 Å². The van der Waals surface area contributed by atoms with Crippen molar-refractivity contribution >= 4 is 11.1 Å². The monoisotopic (exact) mass is 364 g/mol. The predicted octanol–water partition coefficient (Wildman–Crippen LogP) is 6.98. The number of allylic oxidation sites excluding steroid dienone is 2. The minimum Gasteiger partial charge on any atom is -0.478 e. The summed E-state index contributed by atoms with van der Waals surface area (Å²) in [6.07, 6.45) is 6.89. The van der Waals surface area contributed by atoms with E-state index in [1.54, 1.807) is 0 Å². The zero-order chi connectivity index (χ0) is 18.8. The summed E-state index contributed by atoms with van der Waals surface area (Å²) in [5, 5.41) is 0. The van der Waals surface area contributed by atoms with Gasteiger partial charge in [0, 0.05) is 23.1 Å². The van der Waals surface area contributed by atoms with Gasteiger partial charge < -0.3 is 4.74 Å². The van der Waals surface area contributed by atoms with Crippen LogP contribution in [0.3, 0.4) is 0 Å². The van der Waals surface area contributed by atoms with Gasteiger partial charge >= 0.3 is 0 Å². The maximum absolute atomic E-state index is 6.90. The molecule has 0 saturated carbocycles. The largest absolute Gasteiger partial charge is 0.478 e. The van der Waals surface area contributed by atoms with Gasteiger partial charge in [-0.2, -0.15) is 0 Å². The molecule has 0 radical (unpaired) electrons. The lowest BCUT2D eigenvalue weighted by Crippen LogP contribution is -2.19. The molecule has 0 atom stereocenters. The summed E-state index contributed by atoms with van der Waals surface area (Å²) in [4.78, 5) is 0. The van der Waals surface area contributed by atoms with Gasteiger partial charge in [0.2, 0.25) is 0 Å². The molecule has 0 saturated heterocycles. The molecule has 3 aromatic rings. The molecule has 0 N–H and O–H groups in total. The third-order valence-corrected chi connectivity index (χ3v) is 5.73. The van der Waals surface area contributed by atoms with E-state index >= 15 is 0 Å². The number of rotatable bonds is 5. The van der Waals surface area contributed by atoms with Crippen LogP contribution >= 0.6 is 0 Å². The third-order valence-electron chi connectivity index (χ3n) is 5.73. The Balaban J connectivity index is 1.68. The zero-order valence-corrected chi connectivity index (χ0v) is 16.0. The molecule has 3 aromatic carbocycles. The lowest BCUT2D eigenvalue weighted by molar-refractivity contribution is 0.115.